The lowest BCUT2D eigenvalue weighted by molar-refractivity contribution is -0.118. The lowest BCUT2D eigenvalue weighted by Gasteiger charge is -2.10. The molecule has 0 aliphatic heterocycles. The summed E-state index contributed by atoms with van der Waals surface area (Å²) in [6, 6.07) is 5.75. The number of hydrogen-bond donors (Lipinski definition) is 1. The molecule has 1 aliphatic rings. The van der Waals surface area contributed by atoms with Gasteiger partial charge in [0.1, 0.15) is 5.52 Å². The van der Waals surface area contributed by atoms with Gasteiger partial charge in [-0.2, -0.15) is 5.10 Å². The second kappa shape index (κ2) is 6.48. The van der Waals surface area contributed by atoms with E-state index in [-0.39, 0.29) is 5.91 Å². The molecule has 0 atom stereocenters. The molecule has 1 aromatic carbocycles. The number of halogens is 2. The van der Waals surface area contributed by atoms with Crippen LogP contribution in [0.15, 0.2) is 30.5 Å². The fourth-order valence-electron chi connectivity index (χ4n) is 3.21. The van der Waals surface area contributed by atoms with Crippen molar-refractivity contribution in [3.8, 4) is 11.3 Å². The van der Waals surface area contributed by atoms with E-state index in [0.717, 1.165) is 36.1 Å². The predicted molar refractivity (Wildman–Crippen MR) is 93.3 cm³/mol. The highest BCUT2D eigenvalue weighted by atomic mass is 19.2. The van der Waals surface area contributed by atoms with E-state index in [1.54, 1.807) is 6.20 Å². The van der Waals surface area contributed by atoms with Crippen molar-refractivity contribution in [1.29, 1.82) is 0 Å². The van der Waals surface area contributed by atoms with Crippen molar-refractivity contribution in [2.75, 3.05) is 0 Å². The van der Waals surface area contributed by atoms with E-state index in [1.807, 2.05) is 10.7 Å². The molecule has 1 saturated carbocycles. The molecule has 3 aromatic rings. The Bertz CT molecular complexity index is 995. The van der Waals surface area contributed by atoms with Gasteiger partial charge in [0.15, 0.2) is 11.6 Å². The van der Waals surface area contributed by atoms with Crippen LogP contribution < -0.4 is 5.73 Å². The summed E-state index contributed by atoms with van der Waals surface area (Å²) in [6.45, 7) is 0.582. The number of primary amides is 1. The van der Waals surface area contributed by atoms with Crippen LogP contribution in [-0.2, 0) is 11.3 Å². The number of fused-ring (bicyclic) bond motifs is 1. The number of aryl methyl sites for hydroxylation is 1. The van der Waals surface area contributed by atoms with Crippen molar-refractivity contribution < 1.29 is 13.6 Å². The van der Waals surface area contributed by atoms with Gasteiger partial charge in [-0.15, -0.1) is 0 Å². The molecule has 2 heterocycles. The first-order valence-corrected chi connectivity index (χ1v) is 8.63. The average molecular weight is 356 g/mol. The third kappa shape index (κ3) is 3.16. The SMILES string of the molecule is NC(=O)CCCn1ncc2nc(-c3ccc(F)c(F)c3)cc(C3CC3)c21. The molecule has 0 bridgehead atoms. The number of carbonyl (C=O) groups is 1. The summed E-state index contributed by atoms with van der Waals surface area (Å²) in [7, 11) is 0. The first-order valence-electron chi connectivity index (χ1n) is 8.63. The fraction of sp³-hybridized carbons (Fsp3) is 0.316. The molecule has 0 saturated heterocycles. The Morgan fingerprint density at radius 3 is 2.73 bits per heavy atom. The standard InChI is InChI=1S/C19H18F2N4O/c20-14-6-5-12(8-15(14)21)16-9-13(11-3-4-11)19-17(24-16)10-23-25(19)7-1-2-18(22)26/h5-6,8-11H,1-4,7H2,(H2,22,26). The molecular weight excluding hydrogens is 338 g/mol. The van der Waals surface area contributed by atoms with Crippen molar-refractivity contribution in [3.05, 3.63) is 47.7 Å². The van der Waals surface area contributed by atoms with Gasteiger partial charge in [0.25, 0.3) is 0 Å². The molecule has 4 rings (SSSR count). The summed E-state index contributed by atoms with van der Waals surface area (Å²) in [4.78, 5) is 15.5. The molecule has 26 heavy (non-hydrogen) atoms. The van der Waals surface area contributed by atoms with E-state index < -0.39 is 11.6 Å². The van der Waals surface area contributed by atoms with Crippen molar-refractivity contribution >= 4 is 16.9 Å². The minimum atomic E-state index is -0.889. The maximum Gasteiger partial charge on any atom is 0.217 e. The number of carbonyl (C=O) groups excluding carboxylic acids is 1. The van der Waals surface area contributed by atoms with Gasteiger partial charge in [-0.25, -0.2) is 13.8 Å². The highest BCUT2D eigenvalue weighted by Gasteiger charge is 2.28. The summed E-state index contributed by atoms with van der Waals surface area (Å²) < 4.78 is 28.7. The Morgan fingerprint density at radius 2 is 2.04 bits per heavy atom. The van der Waals surface area contributed by atoms with Gasteiger partial charge in [-0.1, -0.05) is 0 Å². The Labute approximate surface area is 148 Å². The maximum atomic E-state index is 13.6. The number of rotatable bonds is 6. The third-order valence-electron chi connectivity index (χ3n) is 4.65. The summed E-state index contributed by atoms with van der Waals surface area (Å²) >= 11 is 0. The number of hydrogen-bond acceptors (Lipinski definition) is 3. The Morgan fingerprint density at radius 1 is 1.23 bits per heavy atom. The minimum Gasteiger partial charge on any atom is -0.370 e. The zero-order valence-electron chi connectivity index (χ0n) is 14.1. The van der Waals surface area contributed by atoms with Gasteiger partial charge >= 0.3 is 0 Å². The predicted octanol–water partition coefficient (Wildman–Crippen LogP) is 3.52. The minimum absolute atomic E-state index is 0.306. The van der Waals surface area contributed by atoms with Crippen LogP contribution in [0, 0.1) is 11.6 Å². The quantitative estimate of drug-likeness (QED) is 0.734. The second-order valence-electron chi connectivity index (χ2n) is 6.67. The number of nitrogens with zero attached hydrogens (tertiary/aromatic N) is 3. The summed E-state index contributed by atoms with van der Waals surface area (Å²) in [6.07, 6.45) is 4.77. The van der Waals surface area contributed by atoms with Crippen LogP contribution in [0.5, 0.6) is 0 Å². The van der Waals surface area contributed by atoms with Gasteiger partial charge < -0.3 is 5.73 Å². The monoisotopic (exact) mass is 356 g/mol. The zero-order valence-corrected chi connectivity index (χ0v) is 14.1. The first-order chi connectivity index (χ1) is 12.5. The van der Waals surface area contributed by atoms with E-state index in [0.29, 0.717) is 42.1 Å². The van der Waals surface area contributed by atoms with E-state index in [9.17, 15) is 13.6 Å². The number of benzene rings is 1. The first kappa shape index (κ1) is 16.6. The topological polar surface area (TPSA) is 73.8 Å². The van der Waals surface area contributed by atoms with E-state index in [4.69, 9.17) is 5.73 Å². The van der Waals surface area contributed by atoms with E-state index in [2.05, 4.69) is 10.1 Å². The molecule has 5 nitrogen and oxygen atoms in total. The van der Waals surface area contributed by atoms with Crippen LogP contribution in [-0.4, -0.2) is 20.7 Å². The third-order valence-corrected chi connectivity index (χ3v) is 4.65. The summed E-state index contributed by atoms with van der Waals surface area (Å²) in [5.41, 5.74) is 9.12. The molecule has 0 radical (unpaired) electrons. The lowest BCUT2D eigenvalue weighted by atomic mass is 10.0. The molecule has 134 valence electrons. The Hall–Kier alpha value is -2.83. The molecule has 2 N–H and O–H groups in total. The molecule has 7 heteroatoms. The highest BCUT2D eigenvalue weighted by Crippen LogP contribution is 2.44. The number of amides is 1. The smallest absolute Gasteiger partial charge is 0.217 e. The Kier molecular flexibility index (Phi) is 4.14. The maximum absolute atomic E-state index is 13.6. The van der Waals surface area contributed by atoms with Gasteiger partial charge in [0, 0.05) is 18.5 Å². The molecule has 1 amide bonds. The van der Waals surface area contributed by atoms with Gasteiger partial charge in [0.05, 0.1) is 17.4 Å². The van der Waals surface area contributed by atoms with Gasteiger partial charge in [-0.3, -0.25) is 9.48 Å². The summed E-state index contributed by atoms with van der Waals surface area (Å²) in [5, 5.41) is 4.40. The van der Waals surface area contributed by atoms with Crippen LogP contribution in [0.25, 0.3) is 22.3 Å². The van der Waals surface area contributed by atoms with E-state index in [1.165, 1.54) is 6.07 Å². The molecular formula is C19H18F2N4O. The highest BCUT2D eigenvalue weighted by molar-refractivity contribution is 5.83. The van der Waals surface area contributed by atoms with Crippen molar-refractivity contribution in [2.45, 2.75) is 38.1 Å². The largest absolute Gasteiger partial charge is 0.370 e. The Balaban J connectivity index is 1.76. The van der Waals surface area contributed by atoms with Gasteiger partial charge in [0.2, 0.25) is 5.91 Å². The number of aromatic nitrogens is 3. The normalized spacial score (nSPS) is 14.1. The van der Waals surface area contributed by atoms with Crippen LogP contribution >= 0.6 is 0 Å². The average Bonchev–Trinajstić information content (AvgIpc) is 3.38. The van der Waals surface area contributed by atoms with Crippen LogP contribution in [0.2, 0.25) is 0 Å². The second-order valence-corrected chi connectivity index (χ2v) is 6.67. The molecule has 2 aromatic heterocycles. The van der Waals surface area contributed by atoms with Crippen molar-refractivity contribution in [2.24, 2.45) is 5.73 Å². The number of pyridine rings is 1. The number of nitrogens with two attached hydrogens (primary N) is 1. The molecule has 1 fully saturated rings. The van der Waals surface area contributed by atoms with Crippen molar-refractivity contribution in [1.82, 2.24) is 14.8 Å². The molecule has 0 unspecified atom stereocenters. The summed E-state index contributed by atoms with van der Waals surface area (Å²) in [5.74, 6) is -1.67. The fourth-order valence-corrected chi connectivity index (χ4v) is 3.21. The zero-order chi connectivity index (χ0) is 18.3. The van der Waals surface area contributed by atoms with Crippen LogP contribution in [0.1, 0.15) is 37.2 Å². The van der Waals surface area contributed by atoms with E-state index >= 15 is 0 Å². The van der Waals surface area contributed by atoms with Crippen LogP contribution in [0.3, 0.4) is 0 Å². The van der Waals surface area contributed by atoms with Crippen molar-refractivity contribution in [3.63, 3.8) is 0 Å². The molecule has 0 spiro atoms. The molecule has 1 aliphatic carbocycles. The van der Waals surface area contributed by atoms with Gasteiger partial charge in [-0.05, 0) is 55.0 Å². The van der Waals surface area contributed by atoms with Crippen LogP contribution in [0.4, 0.5) is 8.78 Å². The lowest BCUT2D eigenvalue weighted by Crippen LogP contribution is -2.12.